The molecular weight excluding hydrogens is 434 g/mol. The zero-order valence-electron chi connectivity index (χ0n) is 19.4. The summed E-state index contributed by atoms with van der Waals surface area (Å²) in [7, 11) is 0. The summed E-state index contributed by atoms with van der Waals surface area (Å²) in [4.78, 5) is 27.7. The number of likely N-dealkylation sites (tertiary alicyclic amines) is 1. The van der Waals surface area contributed by atoms with Gasteiger partial charge in [-0.15, -0.1) is 0 Å². The lowest BCUT2D eigenvalue weighted by molar-refractivity contribution is -0.151. The summed E-state index contributed by atoms with van der Waals surface area (Å²) >= 11 is 0. The smallest absolute Gasteiger partial charge is 0.260 e. The van der Waals surface area contributed by atoms with Crippen LogP contribution in [0.3, 0.4) is 0 Å². The number of nitrogens with one attached hydrogen (secondary N) is 1. The van der Waals surface area contributed by atoms with Gasteiger partial charge in [0.2, 0.25) is 5.91 Å². The van der Waals surface area contributed by atoms with Gasteiger partial charge in [0, 0.05) is 12.5 Å². The topological polar surface area (TPSA) is 49.4 Å². The fraction of sp³-hybridized carbons (Fsp3) is 0.500. The van der Waals surface area contributed by atoms with E-state index in [0.717, 1.165) is 48.8 Å². The van der Waals surface area contributed by atoms with Crippen molar-refractivity contribution in [1.82, 2.24) is 10.2 Å². The number of halogens is 2. The molecule has 1 saturated heterocycles. The number of nitrogens with zero attached hydrogens (tertiary/aromatic N) is 1. The Labute approximate surface area is 199 Å². The van der Waals surface area contributed by atoms with Crippen molar-refractivity contribution in [2.24, 2.45) is 5.92 Å². The number of alkyl halides is 1. The molecule has 0 spiro atoms. The van der Waals surface area contributed by atoms with Crippen molar-refractivity contribution in [3.8, 4) is 11.1 Å². The summed E-state index contributed by atoms with van der Waals surface area (Å²) in [6.45, 7) is 0.453. The van der Waals surface area contributed by atoms with E-state index in [4.69, 9.17) is 0 Å². The second kappa shape index (κ2) is 9.47. The number of hydrogen-bond donors (Lipinski definition) is 1. The number of amides is 2. The van der Waals surface area contributed by atoms with Crippen molar-refractivity contribution in [2.45, 2.75) is 75.5 Å². The average molecular weight is 467 g/mol. The molecule has 4 nitrogen and oxygen atoms in total. The maximum absolute atomic E-state index is 15.1. The van der Waals surface area contributed by atoms with E-state index in [9.17, 15) is 14.0 Å². The maximum atomic E-state index is 15.1. The van der Waals surface area contributed by atoms with Crippen LogP contribution in [0, 0.1) is 11.7 Å². The Morgan fingerprint density at radius 3 is 2.35 bits per heavy atom. The number of rotatable bonds is 6. The van der Waals surface area contributed by atoms with Gasteiger partial charge in [-0.25, -0.2) is 8.78 Å². The Balaban J connectivity index is 1.38. The molecule has 2 aromatic carbocycles. The largest absolute Gasteiger partial charge is 0.351 e. The third-order valence-corrected chi connectivity index (χ3v) is 7.92. The molecule has 2 aliphatic carbocycles. The van der Waals surface area contributed by atoms with Crippen LogP contribution in [0.1, 0.15) is 56.9 Å². The molecule has 2 atom stereocenters. The monoisotopic (exact) mass is 466 g/mol. The van der Waals surface area contributed by atoms with Crippen molar-refractivity contribution < 1.29 is 18.4 Å². The molecule has 2 saturated carbocycles. The fourth-order valence-electron chi connectivity index (χ4n) is 5.76. The molecule has 1 aliphatic heterocycles. The Kier molecular flexibility index (Phi) is 6.41. The SMILES string of the molecule is O=C(N[C@H]1CCN(C(=O)C2(F)CCC2)[C@H]1Cc1cccc(-c2cccc(F)c2)c1)C1CCCC1. The minimum Gasteiger partial charge on any atom is -0.351 e. The standard InChI is InChI=1S/C28H32F2N2O2/c29-23-11-4-10-22(18-23)21-9-3-6-19(16-21)17-25-24(31-26(33)20-7-1-2-8-20)12-15-32(25)27(34)28(30)13-5-14-28/h3-4,6,9-11,16,18,20,24-25H,1-2,5,7-8,12-15,17H2,(H,31,33)/t24-,25-/m0/s1. The van der Waals surface area contributed by atoms with E-state index < -0.39 is 11.6 Å². The number of benzene rings is 2. The summed E-state index contributed by atoms with van der Waals surface area (Å²) in [6.07, 6.45) is 6.42. The van der Waals surface area contributed by atoms with Gasteiger partial charge < -0.3 is 10.2 Å². The van der Waals surface area contributed by atoms with Gasteiger partial charge in [-0.1, -0.05) is 49.2 Å². The lowest BCUT2D eigenvalue weighted by Gasteiger charge is -2.38. The predicted molar refractivity (Wildman–Crippen MR) is 127 cm³/mol. The molecule has 1 N–H and O–H groups in total. The van der Waals surface area contributed by atoms with Gasteiger partial charge in [-0.2, -0.15) is 0 Å². The molecule has 34 heavy (non-hydrogen) atoms. The van der Waals surface area contributed by atoms with E-state index in [-0.39, 0.29) is 42.6 Å². The van der Waals surface area contributed by atoms with Crippen LogP contribution in [0.15, 0.2) is 48.5 Å². The molecule has 2 aromatic rings. The van der Waals surface area contributed by atoms with Gasteiger partial charge >= 0.3 is 0 Å². The molecule has 180 valence electrons. The first-order valence-corrected chi connectivity index (χ1v) is 12.6. The van der Waals surface area contributed by atoms with Gasteiger partial charge in [-0.3, -0.25) is 9.59 Å². The quantitative estimate of drug-likeness (QED) is 0.636. The zero-order valence-corrected chi connectivity index (χ0v) is 19.4. The van der Waals surface area contributed by atoms with Crippen LogP contribution in [0.4, 0.5) is 8.78 Å². The first-order chi connectivity index (χ1) is 16.4. The molecule has 2 amide bonds. The van der Waals surface area contributed by atoms with E-state index >= 15 is 4.39 Å². The van der Waals surface area contributed by atoms with Crippen LogP contribution in [-0.4, -0.2) is 41.0 Å². The summed E-state index contributed by atoms with van der Waals surface area (Å²) < 4.78 is 28.9. The fourth-order valence-corrected chi connectivity index (χ4v) is 5.76. The van der Waals surface area contributed by atoms with Crippen LogP contribution in [0.25, 0.3) is 11.1 Å². The first kappa shape index (κ1) is 23.0. The summed E-state index contributed by atoms with van der Waals surface area (Å²) in [5.41, 5.74) is 0.893. The molecule has 1 heterocycles. The molecule has 5 rings (SSSR count). The molecular formula is C28H32F2N2O2. The Morgan fingerprint density at radius 2 is 1.68 bits per heavy atom. The Bertz CT molecular complexity index is 1060. The average Bonchev–Trinajstić information content (AvgIpc) is 3.48. The molecule has 3 fully saturated rings. The van der Waals surface area contributed by atoms with Crippen LogP contribution < -0.4 is 5.32 Å². The molecule has 0 aromatic heterocycles. The van der Waals surface area contributed by atoms with Gasteiger partial charge in [0.05, 0.1) is 12.1 Å². The van der Waals surface area contributed by atoms with E-state index in [1.165, 1.54) is 12.1 Å². The van der Waals surface area contributed by atoms with Gasteiger partial charge in [0.1, 0.15) is 5.82 Å². The first-order valence-electron chi connectivity index (χ1n) is 12.6. The highest BCUT2D eigenvalue weighted by Gasteiger charge is 2.51. The van der Waals surface area contributed by atoms with E-state index in [0.29, 0.717) is 19.4 Å². The highest BCUT2D eigenvalue weighted by atomic mass is 19.1. The predicted octanol–water partition coefficient (Wildman–Crippen LogP) is 5.20. The van der Waals surface area contributed by atoms with Crippen LogP contribution in [-0.2, 0) is 16.0 Å². The highest BCUT2D eigenvalue weighted by molar-refractivity contribution is 5.87. The van der Waals surface area contributed by atoms with Crippen molar-refractivity contribution in [1.29, 1.82) is 0 Å². The maximum Gasteiger partial charge on any atom is 0.260 e. The number of carbonyl (C=O) groups excluding carboxylic acids is 2. The van der Waals surface area contributed by atoms with E-state index in [1.54, 1.807) is 11.0 Å². The van der Waals surface area contributed by atoms with Crippen molar-refractivity contribution in [3.05, 3.63) is 59.9 Å². The van der Waals surface area contributed by atoms with Crippen LogP contribution >= 0.6 is 0 Å². The molecule has 0 unspecified atom stereocenters. The summed E-state index contributed by atoms with van der Waals surface area (Å²) in [5, 5.41) is 3.21. The molecule has 0 radical (unpaired) electrons. The normalized spacial score (nSPS) is 24.1. The lowest BCUT2D eigenvalue weighted by Crippen LogP contribution is -2.55. The molecule has 3 aliphatic rings. The second-order valence-corrected chi connectivity index (χ2v) is 10.2. The Morgan fingerprint density at radius 1 is 0.971 bits per heavy atom. The van der Waals surface area contributed by atoms with Crippen molar-refractivity contribution in [2.75, 3.05) is 6.54 Å². The number of carbonyl (C=O) groups is 2. The summed E-state index contributed by atoms with van der Waals surface area (Å²) in [5.74, 6) is -0.615. The van der Waals surface area contributed by atoms with E-state index in [1.807, 2.05) is 30.3 Å². The Hall–Kier alpha value is -2.76. The van der Waals surface area contributed by atoms with Gasteiger partial charge in [-0.05, 0) is 73.8 Å². The minimum atomic E-state index is -1.76. The highest BCUT2D eigenvalue weighted by Crippen LogP contribution is 2.39. The third-order valence-electron chi connectivity index (χ3n) is 7.92. The minimum absolute atomic E-state index is 0.0425. The number of hydrogen-bond acceptors (Lipinski definition) is 2. The molecule has 6 heteroatoms. The lowest BCUT2D eigenvalue weighted by atomic mass is 9.80. The van der Waals surface area contributed by atoms with Crippen LogP contribution in [0.2, 0.25) is 0 Å². The van der Waals surface area contributed by atoms with Crippen molar-refractivity contribution in [3.63, 3.8) is 0 Å². The van der Waals surface area contributed by atoms with Crippen LogP contribution in [0.5, 0.6) is 0 Å². The summed E-state index contributed by atoms with van der Waals surface area (Å²) in [6, 6.07) is 13.8. The zero-order chi connectivity index (χ0) is 23.7. The van der Waals surface area contributed by atoms with E-state index in [2.05, 4.69) is 5.32 Å². The van der Waals surface area contributed by atoms with Gasteiger partial charge in [0.15, 0.2) is 5.67 Å². The van der Waals surface area contributed by atoms with Crippen molar-refractivity contribution >= 4 is 11.8 Å². The molecule has 0 bridgehead atoms. The van der Waals surface area contributed by atoms with Gasteiger partial charge in [0.25, 0.3) is 5.91 Å². The third kappa shape index (κ3) is 4.59. The second-order valence-electron chi connectivity index (χ2n) is 10.2.